The van der Waals surface area contributed by atoms with Crippen LogP contribution in [0.3, 0.4) is 0 Å². The third-order valence-corrected chi connectivity index (χ3v) is 12.3. The molecule has 1 aliphatic heterocycles. The number of ether oxygens (including phenoxy) is 1. The summed E-state index contributed by atoms with van der Waals surface area (Å²) in [6.45, 7) is 0. The van der Waals surface area contributed by atoms with E-state index < -0.39 is 5.41 Å². The van der Waals surface area contributed by atoms with Crippen LogP contribution < -0.4 is 4.74 Å². The molecule has 60 heavy (non-hydrogen) atoms. The van der Waals surface area contributed by atoms with Crippen molar-refractivity contribution in [1.29, 1.82) is 0 Å². The molecule has 280 valence electrons. The Morgan fingerprint density at radius 3 is 1.82 bits per heavy atom. The van der Waals surface area contributed by atoms with Crippen LogP contribution in [0.2, 0.25) is 0 Å². The molecule has 2 aromatic heterocycles. The summed E-state index contributed by atoms with van der Waals surface area (Å²) in [5.41, 5.74) is 15.5. The Kier molecular flexibility index (Phi) is 7.72. The van der Waals surface area contributed by atoms with Gasteiger partial charge >= 0.3 is 0 Å². The van der Waals surface area contributed by atoms with Crippen molar-refractivity contribution in [2.45, 2.75) is 5.41 Å². The maximum atomic E-state index is 7.02. The van der Waals surface area contributed by atoms with Crippen LogP contribution in [0.15, 0.2) is 213 Å². The number of nitrogens with zero attached hydrogens (tertiary/aromatic N) is 3. The number of benzene rings is 8. The fourth-order valence-corrected chi connectivity index (χ4v) is 9.57. The molecule has 2 aliphatic rings. The summed E-state index contributed by atoms with van der Waals surface area (Å²) >= 11 is 0. The van der Waals surface area contributed by atoms with Crippen molar-refractivity contribution < 1.29 is 4.74 Å². The van der Waals surface area contributed by atoms with Gasteiger partial charge in [0.15, 0.2) is 5.82 Å². The Bertz CT molecular complexity index is 3290. The number of hydrogen-bond acceptors (Lipinski definition) is 4. The topological polar surface area (TPSA) is 47.9 Å². The molecule has 0 N–H and O–H groups in total. The van der Waals surface area contributed by atoms with Crippen molar-refractivity contribution in [3.8, 4) is 78.8 Å². The van der Waals surface area contributed by atoms with E-state index in [1.165, 1.54) is 33.4 Å². The Morgan fingerprint density at radius 1 is 0.383 bits per heavy atom. The summed E-state index contributed by atoms with van der Waals surface area (Å²) in [4.78, 5) is 14.9. The minimum Gasteiger partial charge on any atom is -0.456 e. The summed E-state index contributed by atoms with van der Waals surface area (Å²) in [6, 6.07) is 71.4. The smallest absolute Gasteiger partial charge is 0.160 e. The Morgan fingerprint density at radius 2 is 1.02 bits per heavy atom. The van der Waals surface area contributed by atoms with Crippen LogP contribution >= 0.6 is 0 Å². The lowest BCUT2D eigenvalue weighted by atomic mass is 9.61. The van der Waals surface area contributed by atoms with E-state index in [1.54, 1.807) is 6.20 Å². The van der Waals surface area contributed by atoms with Crippen molar-refractivity contribution in [3.63, 3.8) is 0 Å². The second-order valence-electron chi connectivity index (χ2n) is 15.5. The van der Waals surface area contributed by atoms with E-state index >= 15 is 0 Å². The summed E-state index contributed by atoms with van der Waals surface area (Å²) in [7, 11) is 0. The molecule has 4 nitrogen and oxygen atoms in total. The van der Waals surface area contributed by atoms with Gasteiger partial charge in [0.1, 0.15) is 11.5 Å². The summed E-state index contributed by atoms with van der Waals surface area (Å²) in [5.74, 6) is 2.41. The van der Waals surface area contributed by atoms with E-state index in [2.05, 4.69) is 181 Å². The number of aromatic nitrogens is 3. The van der Waals surface area contributed by atoms with E-state index in [0.717, 1.165) is 72.6 Å². The third-order valence-electron chi connectivity index (χ3n) is 12.3. The Balaban J connectivity index is 1.15. The number of hydrogen-bond donors (Lipinski definition) is 0. The molecule has 0 radical (unpaired) electrons. The third kappa shape index (κ3) is 5.21. The average Bonchev–Trinajstić information content (AvgIpc) is 3.43. The van der Waals surface area contributed by atoms with Crippen LogP contribution in [0.25, 0.3) is 78.1 Å². The van der Waals surface area contributed by atoms with Gasteiger partial charge in [0.25, 0.3) is 0 Å². The quantitative estimate of drug-likeness (QED) is 0.179. The SMILES string of the molecule is c1ccc(-c2nc(-c3ccc(-c4cccnc4)cc3)cc(-c3ccc4c(c3)C3(c5ccccc5Oc5c3ccc3ccccc53)c3ccccc3-c3ccccc3-4)n2)cc1. The zero-order valence-corrected chi connectivity index (χ0v) is 32.5. The first kappa shape index (κ1) is 34.1. The number of fused-ring (bicyclic) bond motifs is 13. The van der Waals surface area contributed by atoms with Crippen molar-refractivity contribution >= 4 is 10.8 Å². The van der Waals surface area contributed by atoms with E-state index in [-0.39, 0.29) is 0 Å². The molecular formula is C56H35N3O. The molecular weight excluding hydrogens is 731 g/mol. The maximum absolute atomic E-state index is 7.02. The van der Waals surface area contributed by atoms with Crippen LogP contribution in [0.1, 0.15) is 22.3 Å². The molecule has 3 heterocycles. The molecule has 1 unspecified atom stereocenters. The monoisotopic (exact) mass is 765 g/mol. The highest BCUT2D eigenvalue weighted by atomic mass is 16.5. The highest BCUT2D eigenvalue weighted by Gasteiger charge is 2.49. The molecule has 1 atom stereocenters. The lowest BCUT2D eigenvalue weighted by Crippen LogP contribution is -2.35. The highest BCUT2D eigenvalue weighted by Crippen LogP contribution is 2.62. The minimum atomic E-state index is -0.755. The molecule has 4 heteroatoms. The fourth-order valence-electron chi connectivity index (χ4n) is 9.57. The van der Waals surface area contributed by atoms with Gasteiger partial charge in [-0.25, -0.2) is 9.97 Å². The van der Waals surface area contributed by atoms with Gasteiger partial charge in [-0.05, 0) is 74.2 Å². The van der Waals surface area contributed by atoms with E-state index in [4.69, 9.17) is 14.7 Å². The van der Waals surface area contributed by atoms with Crippen LogP contribution in [-0.2, 0) is 5.41 Å². The second-order valence-corrected chi connectivity index (χ2v) is 15.5. The zero-order valence-electron chi connectivity index (χ0n) is 32.5. The van der Waals surface area contributed by atoms with Crippen molar-refractivity contribution in [1.82, 2.24) is 15.0 Å². The standard InChI is InChI=1S/C56H35N3O/c1-2-14-39(15-3-1)55-58-51(38-26-24-36(25-27-38)41-16-12-32-57-35-41)34-52(59-55)40-28-30-46-44-19-7-6-18-43(44)45-20-8-9-21-47(45)56(50(46)33-40)48-22-10-11-23-53(48)60-54-42-17-5-4-13-37(42)29-31-49(54)56/h1-35H. The number of rotatable bonds is 4. The zero-order chi connectivity index (χ0) is 39.6. The van der Waals surface area contributed by atoms with Gasteiger partial charge in [0.2, 0.25) is 0 Å². The Labute approximate surface area is 348 Å². The Hall–Kier alpha value is -7.95. The van der Waals surface area contributed by atoms with E-state index in [1.807, 2.05) is 30.5 Å². The summed E-state index contributed by atoms with van der Waals surface area (Å²) < 4.78 is 7.02. The molecule has 0 amide bonds. The highest BCUT2D eigenvalue weighted by molar-refractivity contribution is 5.98. The minimum absolute atomic E-state index is 0.674. The normalized spacial score (nSPS) is 14.5. The van der Waals surface area contributed by atoms with E-state index in [9.17, 15) is 0 Å². The number of pyridine rings is 1. The first-order chi connectivity index (χ1) is 29.7. The van der Waals surface area contributed by atoms with Crippen LogP contribution in [0.5, 0.6) is 11.5 Å². The lowest BCUT2D eigenvalue weighted by Gasteiger charge is -2.43. The molecule has 10 aromatic rings. The van der Waals surface area contributed by atoms with Gasteiger partial charge < -0.3 is 4.74 Å². The van der Waals surface area contributed by atoms with Crippen molar-refractivity contribution in [2.24, 2.45) is 0 Å². The van der Waals surface area contributed by atoms with Gasteiger partial charge in [0.05, 0.1) is 16.8 Å². The summed E-state index contributed by atoms with van der Waals surface area (Å²) in [5, 5.41) is 2.23. The molecule has 1 aliphatic carbocycles. The molecule has 12 rings (SSSR count). The number of para-hydroxylation sites is 1. The predicted molar refractivity (Wildman–Crippen MR) is 242 cm³/mol. The average molecular weight is 766 g/mol. The van der Waals surface area contributed by atoms with E-state index in [0.29, 0.717) is 5.82 Å². The van der Waals surface area contributed by atoms with Gasteiger partial charge in [0, 0.05) is 45.6 Å². The molecule has 0 fully saturated rings. The fraction of sp³-hybridized carbons (Fsp3) is 0.0179. The van der Waals surface area contributed by atoms with Gasteiger partial charge in [-0.1, -0.05) is 176 Å². The second kappa shape index (κ2) is 13.6. The van der Waals surface area contributed by atoms with Crippen LogP contribution in [-0.4, -0.2) is 15.0 Å². The predicted octanol–water partition coefficient (Wildman–Crippen LogP) is 13.8. The molecule has 0 saturated heterocycles. The van der Waals surface area contributed by atoms with Crippen molar-refractivity contribution in [3.05, 3.63) is 235 Å². The molecule has 0 bridgehead atoms. The van der Waals surface area contributed by atoms with Crippen LogP contribution in [0.4, 0.5) is 0 Å². The van der Waals surface area contributed by atoms with Gasteiger partial charge in [-0.15, -0.1) is 0 Å². The lowest BCUT2D eigenvalue weighted by molar-refractivity contribution is 0.440. The molecule has 8 aromatic carbocycles. The maximum Gasteiger partial charge on any atom is 0.160 e. The van der Waals surface area contributed by atoms with Gasteiger partial charge in [-0.3, -0.25) is 4.98 Å². The summed E-state index contributed by atoms with van der Waals surface area (Å²) in [6.07, 6.45) is 3.69. The van der Waals surface area contributed by atoms with Crippen LogP contribution in [0, 0.1) is 0 Å². The largest absolute Gasteiger partial charge is 0.456 e. The van der Waals surface area contributed by atoms with Crippen molar-refractivity contribution in [2.75, 3.05) is 0 Å². The molecule has 0 saturated carbocycles. The first-order valence-electron chi connectivity index (χ1n) is 20.3. The molecule has 1 spiro atoms. The first-order valence-corrected chi connectivity index (χ1v) is 20.3. The van der Waals surface area contributed by atoms with Gasteiger partial charge in [-0.2, -0.15) is 0 Å².